The largest absolute Gasteiger partial charge is 0.458 e. The number of para-hydroxylation sites is 1. The average Bonchev–Trinajstić information content (AvgIpc) is 3.54. The van der Waals surface area contributed by atoms with Gasteiger partial charge in [0.2, 0.25) is 0 Å². The predicted octanol–water partition coefficient (Wildman–Crippen LogP) is 7.20. The van der Waals surface area contributed by atoms with Gasteiger partial charge in [0.05, 0.1) is 11.5 Å². The van der Waals surface area contributed by atoms with E-state index >= 15 is 0 Å². The highest BCUT2D eigenvalue weighted by Crippen LogP contribution is 2.36. The molecule has 4 aromatic rings. The molecule has 1 aromatic carbocycles. The summed E-state index contributed by atoms with van der Waals surface area (Å²) in [5, 5.41) is 4.62. The van der Waals surface area contributed by atoms with Crippen LogP contribution in [0.25, 0.3) is 17.1 Å². The van der Waals surface area contributed by atoms with Gasteiger partial charge in [-0.15, -0.1) is 22.7 Å². The van der Waals surface area contributed by atoms with Crippen LogP contribution in [0, 0.1) is 0 Å². The lowest BCUT2D eigenvalue weighted by molar-refractivity contribution is -0.140. The number of anilines is 1. The molecular weight excluding hydrogens is 539 g/mol. The van der Waals surface area contributed by atoms with Crippen molar-refractivity contribution in [1.29, 1.82) is 0 Å². The summed E-state index contributed by atoms with van der Waals surface area (Å²) in [4.78, 5) is 21.3. The first-order valence-electron chi connectivity index (χ1n) is 10.5. The Balaban J connectivity index is 1.69. The average molecular weight is 557 g/mol. The van der Waals surface area contributed by atoms with Crippen LogP contribution in [-0.2, 0) is 6.18 Å². The van der Waals surface area contributed by atoms with Gasteiger partial charge in [0.15, 0.2) is 27.3 Å². The highest BCUT2D eigenvalue weighted by Gasteiger charge is 2.34. The second kappa shape index (κ2) is 10.7. The van der Waals surface area contributed by atoms with Crippen LogP contribution in [0.4, 0.5) is 27.1 Å². The molecule has 1 N–H and O–H groups in total. The minimum absolute atomic E-state index is 0.000360. The van der Waals surface area contributed by atoms with Gasteiger partial charge in [0, 0.05) is 28.9 Å². The van der Waals surface area contributed by atoms with Crippen LogP contribution in [0.5, 0.6) is 11.5 Å². The van der Waals surface area contributed by atoms with E-state index in [1.807, 2.05) is 0 Å². The number of thiazole rings is 2. The van der Waals surface area contributed by atoms with Gasteiger partial charge in [-0.3, -0.25) is 14.5 Å². The molecule has 0 atom stereocenters. The van der Waals surface area contributed by atoms with E-state index in [0.29, 0.717) is 34.0 Å². The molecule has 0 bridgehead atoms. The van der Waals surface area contributed by atoms with E-state index < -0.39 is 24.4 Å². The third kappa shape index (κ3) is 5.97. The summed E-state index contributed by atoms with van der Waals surface area (Å²) in [6, 6.07) is 4.38. The highest BCUT2D eigenvalue weighted by molar-refractivity contribution is 7.15. The summed E-state index contributed by atoms with van der Waals surface area (Å²) >= 11 is 1.87. The van der Waals surface area contributed by atoms with Crippen molar-refractivity contribution < 1.29 is 36.2 Å². The van der Waals surface area contributed by atoms with Crippen molar-refractivity contribution in [2.75, 3.05) is 5.32 Å². The molecule has 0 saturated heterocycles. The number of carbonyl (C=O) groups excluding carboxylic acids is 1. The monoisotopic (exact) mass is 556 g/mol. The number of amides is 1. The summed E-state index contributed by atoms with van der Waals surface area (Å²) in [5.41, 5.74) is -0.562. The van der Waals surface area contributed by atoms with Crippen molar-refractivity contribution in [2.24, 2.45) is 0 Å². The van der Waals surface area contributed by atoms with Crippen LogP contribution in [0.2, 0.25) is 0 Å². The molecule has 14 heteroatoms. The highest BCUT2D eigenvalue weighted by atomic mass is 32.1. The Morgan fingerprint density at radius 1 is 1.24 bits per heavy atom. The molecule has 0 radical (unpaired) electrons. The maximum Gasteiger partial charge on any atom is 0.434 e. The van der Waals surface area contributed by atoms with E-state index in [-0.39, 0.29) is 28.0 Å². The molecule has 1 amide bonds. The maximum atomic E-state index is 13.0. The van der Waals surface area contributed by atoms with Crippen molar-refractivity contribution in [1.82, 2.24) is 14.4 Å². The molecule has 0 aliphatic carbocycles. The number of hydrogen-bond acceptors (Lipinski definition) is 7. The number of nitrogens with zero attached hydrogens (tertiary/aromatic N) is 3. The van der Waals surface area contributed by atoms with Crippen LogP contribution >= 0.6 is 22.7 Å². The Morgan fingerprint density at radius 2 is 2.03 bits per heavy atom. The van der Waals surface area contributed by atoms with E-state index in [2.05, 4.69) is 26.6 Å². The standard InChI is InChI=1S/C23H17F5N4O3S2/c1-3-12(2)34-18-13(5-4-6-15(18)35-20(24)25)7-8-14-17(32-9-10-36-22(32)29-14)19(33)31-21-30-16(11-37-21)23(26,27)28/h4-11,20H,2-3H2,1H3,(H,30,31,33). The lowest BCUT2D eigenvalue weighted by Crippen LogP contribution is -2.15. The van der Waals surface area contributed by atoms with Crippen molar-refractivity contribution in [3.63, 3.8) is 0 Å². The van der Waals surface area contributed by atoms with Crippen molar-refractivity contribution >= 4 is 50.8 Å². The van der Waals surface area contributed by atoms with Gasteiger partial charge in [-0.2, -0.15) is 22.0 Å². The molecule has 3 aromatic heterocycles. The number of alkyl halides is 5. The Bertz CT molecular complexity index is 1470. The molecule has 0 fully saturated rings. The van der Waals surface area contributed by atoms with Crippen molar-refractivity contribution in [3.05, 3.63) is 70.1 Å². The first kappa shape index (κ1) is 26.3. The van der Waals surface area contributed by atoms with Crippen LogP contribution in [0.15, 0.2) is 47.5 Å². The molecule has 0 spiro atoms. The fraction of sp³-hybridized carbons (Fsp3) is 0.174. The van der Waals surface area contributed by atoms with Gasteiger partial charge in [-0.25, -0.2) is 9.97 Å². The zero-order valence-corrected chi connectivity index (χ0v) is 20.5. The van der Waals surface area contributed by atoms with Crippen LogP contribution in [0.1, 0.15) is 40.8 Å². The number of benzene rings is 1. The van der Waals surface area contributed by atoms with Gasteiger partial charge in [-0.05, 0) is 18.2 Å². The molecule has 4 rings (SSSR count). The smallest absolute Gasteiger partial charge is 0.434 e. The number of aromatic nitrogens is 3. The lowest BCUT2D eigenvalue weighted by atomic mass is 10.1. The number of fused-ring (bicyclic) bond motifs is 1. The molecule has 0 unspecified atom stereocenters. The first-order valence-corrected chi connectivity index (χ1v) is 12.2. The van der Waals surface area contributed by atoms with Crippen LogP contribution < -0.4 is 14.8 Å². The number of nitrogens with one attached hydrogen (secondary N) is 1. The Labute approximate surface area is 214 Å². The zero-order chi connectivity index (χ0) is 26.7. The molecular formula is C23H17F5N4O3S2. The molecule has 0 saturated carbocycles. The zero-order valence-electron chi connectivity index (χ0n) is 18.9. The summed E-state index contributed by atoms with van der Waals surface area (Å²) < 4.78 is 76.2. The number of halogens is 5. The Hall–Kier alpha value is -3.78. The van der Waals surface area contributed by atoms with Crippen molar-refractivity contribution in [2.45, 2.75) is 26.1 Å². The molecule has 194 valence electrons. The van der Waals surface area contributed by atoms with E-state index in [4.69, 9.17) is 4.74 Å². The third-order valence-electron chi connectivity index (χ3n) is 4.81. The summed E-state index contributed by atoms with van der Waals surface area (Å²) in [5.74, 6) is -0.636. The predicted molar refractivity (Wildman–Crippen MR) is 130 cm³/mol. The van der Waals surface area contributed by atoms with E-state index in [9.17, 15) is 26.7 Å². The molecule has 37 heavy (non-hydrogen) atoms. The third-order valence-corrected chi connectivity index (χ3v) is 6.32. The molecule has 0 aliphatic rings. The van der Waals surface area contributed by atoms with Gasteiger partial charge in [0.1, 0.15) is 5.69 Å². The molecule has 3 heterocycles. The Morgan fingerprint density at radius 3 is 2.70 bits per heavy atom. The second-order valence-electron chi connectivity index (χ2n) is 7.27. The second-order valence-corrected chi connectivity index (χ2v) is 9.00. The number of ether oxygens (including phenoxy) is 2. The SMILES string of the molecule is C=C(CC)Oc1c(C=Cc2nc3sccn3c2C(=O)Nc2nc(C(F)(F)F)cs2)cccc1OC(F)F. The summed E-state index contributed by atoms with van der Waals surface area (Å²) in [6.07, 6.45) is 0.307. The van der Waals surface area contributed by atoms with Gasteiger partial charge < -0.3 is 9.47 Å². The maximum absolute atomic E-state index is 13.0. The summed E-state index contributed by atoms with van der Waals surface area (Å²) in [7, 11) is 0. The minimum atomic E-state index is -4.64. The minimum Gasteiger partial charge on any atom is -0.458 e. The quantitative estimate of drug-likeness (QED) is 0.174. The van der Waals surface area contributed by atoms with Gasteiger partial charge >= 0.3 is 12.8 Å². The number of imidazole rings is 1. The van der Waals surface area contributed by atoms with E-state index in [1.54, 1.807) is 24.6 Å². The fourth-order valence-electron chi connectivity index (χ4n) is 3.11. The van der Waals surface area contributed by atoms with Crippen LogP contribution in [-0.4, -0.2) is 26.9 Å². The number of rotatable bonds is 9. The topological polar surface area (TPSA) is 77.8 Å². The summed E-state index contributed by atoms with van der Waals surface area (Å²) in [6.45, 7) is 2.42. The lowest BCUT2D eigenvalue weighted by Gasteiger charge is -2.15. The van der Waals surface area contributed by atoms with E-state index in [0.717, 1.165) is 5.38 Å². The number of carbonyl (C=O) groups is 1. The normalized spacial score (nSPS) is 12.0. The van der Waals surface area contributed by atoms with Crippen molar-refractivity contribution in [3.8, 4) is 11.5 Å². The van der Waals surface area contributed by atoms with E-state index in [1.165, 1.54) is 40.0 Å². The van der Waals surface area contributed by atoms with Crippen LogP contribution in [0.3, 0.4) is 0 Å². The molecule has 0 aliphatic heterocycles. The fourth-order valence-corrected chi connectivity index (χ4v) is 4.54. The number of allylic oxidation sites excluding steroid dienone is 1. The Kier molecular flexibility index (Phi) is 7.59. The van der Waals surface area contributed by atoms with Gasteiger partial charge in [0.25, 0.3) is 5.91 Å². The number of hydrogen-bond donors (Lipinski definition) is 1. The molecule has 7 nitrogen and oxygen atoms in total. The van der Waals surface area contributed by atoms with Gasteiger partial charge in [-0.1, -0.05) is 25.6 Å². The first-order chi connectivity index (χ1) is 17.6.